The fourth-order valence-electron chi connectivity index (χ4n) is 0.878. The minimum atomic E-state index is -1.51. The summed E-state index contributed by atoms with van der Waals surface area (Å²) in [6.07, 6.45) is -1.99. The van der Waals surface area contributed by atoms with Crippen molar-refractivity contribution in [3.63, 3.8) is 0 Å². The molecule has 0 aromatic carbocycles. The molecule has 0 saturated carbocycles. The summed E-state index contributed by atoms with van der Waals surface area (Å²) in [5.41, 5.74) is 0. The highest BCUT2D eigenvalue weighted by Gasteiger charge is 2.33. The highest BCUT2D eigenvalue weighted by Crippen LogP contribution is 2.39. The molecule has 10 heavy (non-hydrogen) atoms. The third-order valence-corrected chi connectivity index (χ3v) is 2.77. The van der Waals surface area contributed by atoms with Gasteiger partial charge in [-0.25, -0.2) is 0 Å². The van der Waals surface area contributed by atoms with E-state index in [4.69, 9.17) is 19.6 Å². The van der Waals surface area contributed by atoms with E-state index < -0.39 is 26.7 Å². The minimum absolute atomic E-state index is 0.154. The van der Waals surface area contributed by atoms with E-state index in [1.165, 1.54) is 0 Å². The van der Waals surface area contributed by atoms with E-state index in [0.29, 0.717) is 0 Å². The molecule has 1 aliphatic rings. The SMILES string of the molecule is C[C@H]1OP(O)C[C@@H](O)[C@@H]1O. The zero-order chi connectivity index (χ0) is 7.72. The van der Waals surface area contributed by atoms with Crippen LogP contribution in [0.3, 0.4) is 0 Å². The largest absolute Gasteiger partial charge is 0.390 e. The van der Waals surface area contributed by atoms with Crippen molar-refractivity contribution in [2.24, 2.45) is 0 Å². The van der Waals surface area contributed by atoms with Crippen LogP contribution in [0.2, 0.25) is 0 Å². The summed E-state index contributed by atoms with van der Waals surface area (Å²) in [6, 6.07) is 0. The van der Waals surface area contributed by atoms with Crippen LogP contribution >= 0.6 is 8.38 Å². The molecule has 1 rings (SSSR count). The van der Waals surface area contributed by atoms with Gasteiger partial charge < -0.3 is 19.6 Å². The van der Waals surface area contributed by atoms with Gasteiger partial charge in [0.05, 0.1) is 12.2 Å². The Morgan fingerprint density at radius 1 is 1.50 bits per heavy atom. The van der Waals surface area contributed by atoms with Gasteiger partial charge in [0.15, 0.2) is 8.38 Å². The first-order valence-corrected chi connectivity index (χ1v) is 4.50. The zero-order valence-electron chi connectivity index (χ0n) is 5.64. The second kappa shape index (κ2) is 3.11. The number of aliphatic hydroxyl groups excluding tert-OH is 2. The van der Waals surface area contributed by atoms with Crippen LogP contribution in [0.4, 0.5) is 0 Å². The van der Waals surface area contributed by atoms with Crippen molar-refractivity contribution in [2.75, 3.05) is 6.16 Å². The van der Waals surface area contributed by atoms with Crippen LogP contribution in [0.1, 0.15) is 6.92 Å². The van der Waals surface area contributed by atoms with Crippen molar-refractivity contribution in [1.82, 2.24) is 0 Å². The van der Waals surface area contributed by atoms with Gasteiger partial charge in [0.25, 0.3) is 0 Å². The fourth-order valence-corrected chi connectivity index (χ4v) is 2.01. The van der Waals surface area contributed by atoms with Crippen LogP contribution in [-0.4, -0.2) is 39.6 Å². The molecule has 5 heteroatoms. The van der Waals surface area contributed by atoms with Gasteiger partial charge in [-0.1, -0.05) is 0 Å². The van der Waals surface area contributed by atoms with Gasteiger partial charge in [0.2, 0.25) is 0 Å². The predicted molar refractivity (Wildman–Crippen MR) is 36.6 cm³/mol. The van der Waals surface area contributed by atoms with Crippen LogP contribution in [-0.2, 0) is 4.52 Å². The molecular formula is C5H11O4P. The molecule has 0 aromatic heterocycles. The Labute approximate surface area is 60.4 Å². The van der Waals surface area contributed by atoms with Gasteiger partial charge in [0, 0.05) is 6.16 Å². The van der Waals surface area contributed by atoms with E-state index in [0.717, 1.165) is 0 Å². The fraction of sp³-hybridized carbons (Fsp3) is 1.00. The Morgan fingerprint density at radius 3 is 2.60 bits per heavy atom. The lowest BCUT2D eigenvalue weighted by Crippen LogP contribution is -2.42. The predicted octanol–water partition coefficient (Wildman–Crippen LogP) is -0.569. The molecule has 1 fully saturated rings. The standard InChI is InChI=1S/C5H11O4P/c1-3-5(7)4(6)2-10(8)9-3/h3-8H,2H2,1H3/t3-,4-,5-,10?/m1/s1. The Hall–Kier alpha value is 0.270. The first-order valence-electron chi connectivity index (χ1n) is 3.10. The average molecular weight is 166 g/mol. The average Bonchev–Trinajstić information content (AvgIpc) is 1.82. The number of rotatable bonds is 0. The molecule has 3 N–H and O–H groups in total. The van der Waals surface area contributed by atoms with Gasteiger partial charge >= 0.3 is 0 Å². The molecule has 1 aliphatic heterocycles. The summed E-state index contributed by atoms with van der Waals surface area (Å²) in [7, 11) is -1.51. The number of hydrogen-bond acceptors (Lipinski definition) is 4. The molecule has 0 radical (unpaired) electrons. The Kier molecular flexibility index (Phi) is 2.61. The summed E-state index contributed by atoms with van der Waals surface area (Å²) >= 11 is 0. The smallest absolute Gasteiger partial charge is 0.170 e. The van der Waals surface area contributed by atoms with E-state index in [1.54, 1.807) is 6.92 Å². The van der Waals surface area contributed by atoms with Crippen LogP contribution < -0.4 is 0 Å². The van der Waals surface area contributed by atoms with Gasteiger partial charge in [0.1, 0.15) is 6.10 Å². The molecule has 4 atom stereocenters. The molecule has 0 bridgehead atoms. The summed E-state index contributed by atoms with van der Waals surface area (Å²) in [4.78, 5) is 8.94. The maximum atomic E-state index is 9.09. The second-order valence-corrected chi connectivity index (χ2v) is 3.68. The summed E-state index contributed by atoms with van der Waals surface area (Å²) in [5.74, 6) is 0. The number of aliphatic hydroxyl groups is 2. The molecule has 1 heterocycles. The van der Waals surface area contributed by atoms with Crippen molar-refractivity contribution in [3.8, 4) is 0 Å². The number of hydrogen-bond donors (Lipinski definition) is 3. The summed E-state index contributed by atoms with van der Waals surface area (Å²) in [6.45, 7) is 1.62. The van der Waals surface area contributed by atoms with E-state index in [-0.39, 0.29) is 6.16 Å². The third kappa shape index (κ3) is 1.65. The van der Waals surface area contributed by atoms with E-state index in [2.05, 4.69) is 0 Å². The highest BCUT2D eigenvalue weighted by molar-refractivity contribution is 7.46. The molecule has 0 aromatic rings. The summed E-state index contributed by atoms with van der Waals surface area (Å²) < 4.78 is 4.88. The summed E-state index contributed by atoms with van der Waals surface area (Å²) in [5, 5.41) is 18.1. The molecule has 0 amide bonds. The maximum absolute atomic E-state index is 9.09. The normalized spacial score (nSPS) is 49.2. The second-order valence-electron chi connectivity index (χ2n) is 2.40. The Bertz CT molecular complexity index is 108. The molecule has 1 saturated heterocycles. The van der Waals surface area contributed by atoms with Gasteiger partial charge in [-0.2, -0.15) is 0 Å². The van der Waals surface area contributed by atoms with Gasteiger partial charge in [-0.3, -0.25) is 0 Å². The first-order chi connectivity index (χ1) is 4.61. The van der Waals surface area contributed by atoms with Gasteiger partial charge in [-0.05, 0) is 6.92 Å². The monoisotopic (exact) mass is 166 g/mol. The first kappa shape index (κ1) is 8.37. The molecular weight excluding hydrogens is 155 g/mol. The molecule has 60 valence electrons. The molecule has 0 aliphatic carbocycles. The molecule has 0 spiro atoms. The molecule has 1 unspecified atom stereocenters. The maximum Gasteiger partial charge on any atom is 0.170 e. The minimum Gasteiger partial charge on any atom is -0.390 e. The van der Waals surface area contributed by atoms with Crippen LogP contribution in [0.15, 0.2) is 0 Å². The molecule has 4 nitrogen and oxygen atoms in total. The lowest BCUT2D eigenvalue weighted by Gasteiger charge is -2.31. The van der Waals surface area contributed by atoms with E-state index >= 15 is 0 Å². The Balaban J connectivity index is 2.49. The van der Waals surface area contributed by atoms with Crippen molar-refractivity contribution in [1.29, 1.82) is 0 Å². The van der Waals surface area contributed by atoms with Crippen molar-refractivity contribution in [3.05, 3.63) is 0 Å². The Morgan fingerprint density at radius 2 is 2.10 bits per heavy atom. The quantitative estimate of drug-likeness (QED) is 0.421. The third-order valence-electron chi connectivity index (χ3n) is 1.51. The van der Waals surface area contributed by atoms with E-state index in [9.17, 15) is 0 Å². The van der Waals surface area contributed by atoms with E-state index in [1.807, 2.05) is 0 Å². The van der Waals surface area contributed by atoms with Crippen molar-refractivity contribution in [2.45, 2.75) is 25.2 Å². The van der Waals surface area contributed by atoms with Crippen molar-refractivity contribution < 1.29 is 19.6 Å². The van der Waals surface area contributed by atoms with Crippen LogP contribution in [0.25, 0.3) is 0 Å². The van der Waals surface area contributed by atoms with Crippen LogP contribution in [0, 0.1) is 0 Å². The topological polar surface area (TPSA) is 69.9 Å². The lowest BCUT2D eigenvalue weighted by atomic mass is 10.1. The van der Waals surface area contributed by atoms with Crippen molar-refractivity contribution >= 4 is 8.38 Å². The lowest BCUT2D eigenvalue weighted by molar-refractivity contribution is -0.0482. The zero-order valence-corrected chi connectivity index (χ0v) is 6.53. The highest BCUT2D eigenvalue weighted by atomic mass is 31.2. The van der Waals surface area contributed by atoms with Crippen LogP contribution in [0.5, 0.6) is 0 Å². The van der Waals surface area contributed by atoms with Gasteiger partial charge in [-0.15, -0.1) is 0 Å².